The van der Waals surface area contributed by atoms with Gasteiger partial charge in [0.05, 0.1) is 12.7 Å². The minimum absolute atomic E-state index is 0.198. The summed E-state index contributed by atoms with van der Waals surface area (Å²) in [6.07, 6.45) is 52.7. The van der Waals surface area contributed by atoms with Crippen LogP contribution in [0.1, 0.15) is 181 Å². The smallest absolute Gasteiger partial charge is 0.0934 e. The second-order valence-electron chi connectivity index (χ2n) is 16.4. The molecule has 314 valence electrons. The monoisotopic (exact) mass is 754 g/mol. The lowest BCUT2D eigenvalue weighted by Crippen LogP contribution is -2.50. The summed E-state index contributed by atoms with van der Waals surface area (Å²) in [5.41, 5.74) is 0. The molecule has 0 N–H and O–H groups in total. The SMILES string of the molecule is CCCCC/C=C\C/C=C\CCCCCCCCOCC(CN1CCN(CCN2CCCC2)CC1)OCCCCCCCC/C=C\C/C=C\CCCCC. The summed E-state index contributed by atoms with van der Waals surface area (Å²) in [4.78, 5) is 7.97. The molecule has 0 aromatic carbocycles. The van der Waals surface area contributed by atoms with Crippen molar-refractivity contribution >= 4 is 0 Å². The molecule has 0 aromatic heterocycles. The molecule has 2 saturated heterocycles. The van der Waals surface area contributed by atoms with Crippen LogP contribution in [-0.2, 0) is 9.47 Å². The van der Waals surface area contributed by atoms with Crippen LogP contribution in [0.3, 0.4) is 0 Å². The molecule has 2 fully saturated rings. The lowest BCUT2D eigenvalue weighted by atomic mass is 10.1. The summed E-state index contributed by atoms with van der Waals surface area (Å²) in [6, 6.07) is 0. The zero-order chi connectivity index (χ0) is 38.3. The Bertz CT molecular complexity index is 887. The standard InChI is InChI=1S/C49H91N3O2/c1-3-5-7-9-11-13-15-17-19-21-23-25-27-29-31-35-45-53-48-49(47-52-43-41-51(42-44-52)40-39-50-37-33-34-38-50)54-46-36-32-30-28-26-24-22-20-18-16-14-12-10-8-6-4-2/h11-14,17-20,49H,3-10,15-16,21-48H2,1-2H3/b13-11-,14-12-,19-17-,20-18-. The van der Waals surface area contributed by atoms with Gasteiger partial charge >= 0.3 is 0 Å². The molecule has 0 aromatic rings. The van der Waals surface area contributed by atoms with E-state index in [2.05, 4.69) is 77.2 Å². The molecule has 0 bridgehead atoms. The van der Waals surface area contributed by atoms with Crippen LogP contribution in [0.2, 0.25) is 0 Å². The Hall–Kier alpha value is -1.24. The Morgan fingerprint density at radius 3 is 1.33 bits per heavy atom. The minimum atomic E-state index is 0.198. The zero-order valence-electron chi connectivity index (χ0n) is 36.2. The summed E-state index contributed by atoms with van der Waals surface area (Å²) in [5, 5.41) is 0. The van der Waals surface area contributed by atoms with Gasteiger partial charge in [-0.15, -0.1) is 0 Å². The zero-order valence-corrected chi connectivity index (χ0v) is 36.2. The molecule has 5 heteroatoms. The Labute approximate surface area is 337 Å². The lowest BCUT2D eigenvalue weighted by Gasteiger charge is -2.37. The molecule has 2 rings (SSSR count). The summed E-state index contributed by atoms with van der Waals surface area (Å²) in [5.74, 6) is 0. The van der Waals surface area contributed by atoms with Gasteiger partial charge < -0.3 is 14.4 Å². The third-order valence-electron chi connectivity index (χ3n) is 11.3. The molecule has 2 aliphatic heterocycles. The first-order valence-corrected chi connectivity index (χ1v) is 23.8. The highest BCUT2D eigenvalue weighted by atomic mass is 16.5. The van der Waals surface area contributed by atoms with Crippen LogP contribution in [0.5, 0.6) is 0 Å². The van der Waals surface area contributed by atoms with Crippen molar-refractivity contribution in [2.75, 3.05) is 78.7 Å². The van der Waals surface area contributed by atoms with Gasteiger partial charge in [0, 0.05) is 59.0 Å². The van der Waals surface area contributed by atoms with Gasteiger partial charge in [-0.2, -0.15) is 0 Å². The van der Waals surface area contributed by atoms with Crippen molar-refractivity contribution in [3.8, 4) is 0 Å². The highest BCUT2D eigenvalue weighted by molar-refractivity contribution is 4.93. The van der Waals surface area contributed by atoms with Crippen molar-refractivity contribution < 1.29 is 9.47 Å². The van der Waals surface area contributed by atoms with Crippen LogP contribution in [0.15, 0.2) is 48.6 Å². The van der Waals surface area contributed by atoms with E-state index >= 15 is 0 Å². The first-order valence-electron chi connectivity index (χ1n) is 23.8. The molecular formula is C49H91N3O2. The van der Waals surface area contributed by atoms with E-state index in [1.54, 1.807) is 0 Å². The van der Waals surface area contributed by atoms with Crippen molar-refractivity contribution in [1.29, 1.82) is 0 Å². The Kier molecular flexibility index (Phi) is 35.0. The van der Waals surface area contributed by atoms with E-state index in [0.29, 0.717) is 0 Å². The fraction of sp³-hybridized carbons (Fsp3) is 0.837. The number of likely N-dealkylation sites (tertiary alicyclic amines) is 1. The number of piperazine rings is 1. The maximum atomic E-state index is 6.53. The Morgan fingerprint density at radius 1 is 0.426 bits per heavy atom. The second-order valence-corrected chi connectivity index (χ2v) is 16.4. The van der Waals surface area contributed by atoms with Crippen LogP contribution in [-0.4, -0.2) is 99.5 Å². The first kappa shape index (κ1) is 48.9. The van der Waals surface area contributed by atoms with Gasteiger partial charge in [-0.25, -0.2) is 0 Å². The van der Waals surface area contributed by atoms with Crippen molar-refractivity contribution in [2.24, 2.45) is 0 Å². The number of ether oxygens (including phenoxy) is 2. The largest absolute Gasteiger partial charge is 0.379 e. The third-order valence-corrected chi connectivity index (χ3v) is 11.3. The maximum Gasteiger partial charge on any atom is 0.0934 e. The molecule has 2 aliphatic rings. The maximum absolute atomic E-state index is 6.53. The van der Waals surface area contributed by atoms with E-state index < -0.39 is 0 Å². The van der Waals surface area contributed by atoms with E-state index in [4.69, 9.17) is 9.47 Å². The molecule has 5 nitrogen and oxygen atoms in total. The Balaban J connectivity index is 1.52. The number of unbranched alkanes of at least 4 members (excludes halogenated alkanes) is 18. The predicted molar refractivity (Wildman–Crippen MR) is 238 cm³/mol. The van der Waals surface area contributed by atoms with Gasteiger partial charge in [0.2, 0.25) is 0 Å². The number of allylic oxidation sites excluding steroid dienone is 8. The van der Waals surface area contributed by atoms with Crippen LogP contribution >= 0.6 is 0 Å². The van der Waals surface area contributed by atoms with Crippen LogP contribution in [0.4, 0.5) is 0 Å². The van der Waals surface area contributed by atoms with Crippen molar-refractivity contribution in [3.05, 3.63) is 48.6 Å². The molecule has 0 spiro atoms. The summed E-state index contributed by atoms with van der Waals surface area (Å²) >= 11 is 0. The van der Waals surface area contributed by atoms with Crippen molar-refractivity contribution in [3.63, 3.8) is 0 Å². The summed E-state index contributed by atoms with van der Waals surface area (Å²) in [6.45, 7) is 17.9. The molecule has 1 unspecified atom stereocenters. The van der Waals surface area contributed by atoms with E-state index in [0.717, 1.165) is 52.3 Å². The highest BCUT2D eigenvalue weighted by Gasteiger charge is 2.22. The second kappa shape index (κ2) is 38.6. The fourth-order valence-corrected chi connectivity index (χ4v) is 7.67. The number of rotatable bonds is 38. The van der Waals surface area contributed by atoms with Gasteiger partial charge in [0.15, 0.2) is 0 Å². The molecule has 1 atom stereocenters. The highest BCUT2D eigenvalue weighted by Crippen LogP contribution is 2.13. The van der Waals surface area contributed by atoms with Crippen LogP contribution in [0.25, 0.3) is 0 Å². The number of nitrogens with zero attached hydrogens (tertiary/aromatic N) is 3. The molecule has 54 heavy (non-hydrogen) atoms. The average Bonchev–Trinajstić information content (AvgIpc) is 3.72. The van der Waals surface area contributed by atoms with Gasteiger partial charge in [-0.1, -0.05) is 140 Å². The van der Waals surface area contributed by atoms with E-state index in [-0.39, 0.29) is 6.10 Å². The number of hydrogen-bond donors (Lipinski definition) is 0. The van der Waals surface area contributed by atoms with Gasteiger partial charge in [0.25, 0.3) is 0 Å². The number of hydrogen-bond acceptors (Lipinski definition) is 5. The molecule has 0 saturated carbocycles. The minimum Gasteiger partial charge on any atom is -0.379 e. The summed E-state index contributed by atoms with van der Waals surface area (Å²) in [7, 11) is 0. The molecule has 2 heterocycles. The van der Waals surface area contributed by atoms with Gasteiger partial charge in [-0.05, 0) is 103 Å². The topological polar surface area (TPSA) is 28.2 Å². The van der Waals surface area contributed by atoms with Gasteiger partial charge in [0.1, 0.15) is 0 Å². The van der Waals surface area contributed by atoms with E-state index in [1.807, 2.05) is 0 Å². The normalized spacial score (nSPS) is 17.1. The third kappa shape index (κ3) is 30.9. The van der Waals surface area contributed by atoms with Crippen molar-refractivity contribution in [2.45, 2.75) is 187 Å². The quantitative estimate of drug-likeness (QED) is 0.0462. The Morgan fingerprint density at radius 2 is 0.833 bits per heavy atom. The molecule has 0 aliphatic carbocycles. The van der Waals surface area contributed by atoms with E-state index in [9.17, 15) is 0 Å². The predicted octanol–water partition coefficient (Wildman–Crippen LogP) is 12.7. The summed E-state index contributed by atoms with van der Waals surface area (Å²) < 4.78 is 12.8. The van der Waals surface area contributed by atoms with Crippen LogP contribution < -0.4 is 0 Å². The molecule has 0 radical (unpaired) electrons. The molecular weight excluding hydrogens is 663 g/mol. The van der Waals surface area contributed by atoms with Crippen molar-refractivity contribution in [1.82, 2.24) is 14.7 Å². The fourth-order valence-electron chi connectivity index (χ4n) is 7.67. The molecule has 0 amide bonds. The lowest BCUT2D eigenvalue weighted by molar-refractivity contribution is -0.0398. The van der Waals surface area contributed by atoms with E-state index in [1.165, 1.54) is 193 Å². The van der Waals surface area contributed by atoms with Gasteiger partial charge in [-0.3, -0.25) is 9.80 Å². The first-order chi connectivity index (χ1) is 26.8. The average molecular weight is 754 g/mol. The van der Waals surface area contributed by atoms with Crippen LogP contribution in [0, 0.1) is 0 Å².